The molecule has 0 spiro atoms. The largest absolute Gasteiger partial charge is 0.463 e. The Bertz CT molecular complexity index is 1340. The van der Waals surface area contributed by atoms with Gasteiger partial charge in [-0.05, 0) is 115 Å². The Kier molecular flexibility index (Phi) is 23.1. The average molecular weight is 875 g/mol. The molecule has 62 heavy (non-hydrogen) atoms. The van der Waals surface area contributed by atoms with Gasteiger partial charge in [-0.3, -0.25) is 9.59 Å². The van der Waals surface area contributed by atoms with E-state index in [0.717, 1.165) is 128 Å². The lowest BCUT2D eigenvalue weighted by Gasteiger charge is -2.45. The van der Waals surface area contributed by atoms with Gasteiger partial charge in [-0.2, -0.15) is 0 Å². The van der Waals surface area contributed by atoms with Crippen molar-refractivity contribution in [1.82, 2.24) is 0 Å². The van der Waals surface area contributed by atoms with E-state index >= 15 is 0 Å². The fraction of sp³-hybridized carbons (Fsp3) is 0.792. The number of rotatable bonds is 27. The lowest BCUT2D eigenvalue weighted by atomic mass is 9.64. The van der Waals surface area contributed by atoms with Crippen molar-refractivity contribution in [3.05, 3.63) is 25.3 Å². The second-order valence-corrected chi connectivity index (χ2v) is 17.2. The van der Waals surface area contributed by atoms with Crippen LogP contribution in [0.25, 0.3) is 0 Å². The summed E-state index contributed by atoms with van der Waals surface area (Å²) in [5, 5.41) is 0. The summed E-state index contributed by atoms with van der Waals surface area (Å²) in [5.74, 6) is -5.07. The summed E-state index contributed by atoms with van der Waals surface area (Å²) in [5.41, 5.74) is 0. The maximum Gasteiger partial charge on any atom is 0.352 e. The number of ether oxygens (including phenoxy) is 8. The molecule has 0 aromatic heterocycles. The fourth-order valence-electron chi connectivity index (χ4n) is 10.2. The molecule has 0 amide bonds. The lowest BCUT2D eigenvalue weighted by Crippen LogP contribution is -2.53. The van der Waals surface area contributed by atoms with Gasteiger partial charge in [-0.1, -0.05) is 64.5 Å². The van der Waals surface area contributed by atoms with E-state index in [4.69, 9.17) is 37.9 Å². The Hall–Kier alpha value is -3.78. The molecule has 350 valence electrons. The number of hydrogen-bond donors (Lipinski definition) is 0. The van der Waals surface area contributed by atoms with Crippen molar-refractivity contribution in [2.45, 2.75) is 167 Å². The van der Waals surface area contributed by atoms with E-state index in [0.29, 0.717) is 51.1 Å². The molecule has 0 aromatic carbocycles. The molecule has 14 nitrogen and oxygen atoms in total. The Morgan fingerprint density at radius 1 is 0.484 bits per heavy atom. The first kappa shape index (κ1) is 50.9. The molecular weight excluding hydrogens is 801 g/mol. The van der Waals surface area contributed by atoms with Crippen LogP contribution in [0.15, 0.2) is 25.3 Å². The molecule has 4 rings (SSSR count). The summed E-state index contributed by atoms with van der Waals surface area (Å²) >= 11 is 0. The van der Waals surface area contributed by atoms with Crippen LogP contribution in [-0.4, -0.2) is 99.9 Å². The van der Waals surface area contributed by atoms with E-state index < -0.39 is 72.1 Å². The molecule has 0 aromatic rings. The van der Waals surface area contributed by atoms with Crippen LogP contribution in [0.5, 0.6) is 0 Å². The molecule has 0 radical (unpaired) electrons. The van der Waals surface area contributed by atoms with Crippen LogP contribution in [0.2, 0.25) is 0 Å². The molecule has 0 heterocycles. The molecule has 0 aliphatic heterocycles. The van der Waals surface area contributed by atoms with Crippen LogP contribution in [-0.2, 0) is 66.7 Å². The van der Waals surface area contributed by atoms with Crippen LogP contribution in [0.3, 0.4) is 0 Å². The zero-order valence-corrected chi connectivity index (χ0v) is 37.4. The third kappa shape index (κ3) is 15.8. The molecule has 4 aliphatic rings. The van der Waals surface area contributed by atoms with Crippen molar-refractivity contribution in [3.63, 3.8) is 0 Å². The highest BCUT2D eigenvalue weighted by molar-refractivity contribution is 5.90. The Morgan fingerprint density at radius 3 is 1.23 bits per heavy atom. The summed E-state index contributed by atoms with van der Waals surface area (Å²) in [7, 11) is 0. The highest BCUT2D eigenvalue weighted by atomic mass is 16.6. The Morgan fingerprint density at radius 2 is 0.855 bits per heavy atom. The first-order valence-electron chi connectivity index (χ1n) is 23.7. The van der Waals surface area contributed by atoms with Gasteiger partial charge < -0.3 is 37.9 Å². The molecule has 4 fully saturated rings. The minimum Gasteiger partial charge on any atom is -0.463 e. The number of carbonyl (C=O) groups is 6. The standard InChI is InChI=1S/C48H74O14/c1-5-39(49)59-31-19-11-9-17-29-57-37-27-25-33-21-13-15-23-35(33)41(37)45(51)61-43(47(53)55-7-3)44(48(54)56-8-4)62-46(52)42-36-24-16-14-22-34(36)26-28-38(42)58-30-18-10-12-20-32-60-40(50)6-2/h5-6,33-38,41-44H,1-2,7-32H2,3-4H3. The minimum atomic E-state index is -1.89. The third-order valence-corrected chi connectivity index (χ3v) is 13.2. The molecule has 0 saturated heterocycles. The van der Waals surface area contributed by atoms with E-state index in [1.54, 1.807) is 13.8 Å². The van der Waals surface area contributed by atoms with Crippen molar-refractivity contribution in [1.29, 1.82) is 0 Å². The quantitative estimate of drug-likeness (QED) is 0.0339. The van der Waals surface area contributed by atoms with Crippen molar-refractivity contribution in [2.75, 3.05) is 39.6 Å². The SMILES string of the molecule is C=CC(=O)OCCCCCCOC1CCC2CCCCC2C1C(=O)OC(C(=O)OCC)C(OC(=O)C1C(OCCCCCCOC(=O)C=C)CCC2CCCCC21)C(=O)OCC. The number of carbonyl (C=O) groups excluding carboxylic acids is 6. The van der Waals surface area contributed by atoms with Crippen LogP contribution in [0.1, 0.15) is 142 Å². The summed E-state index contributed by atoms with van der Waals surface area (Å²) in [6, 6.07) is 0. The topological polar surface area (TPSA) is 176 Å². The first-order valence-corrected chi connectivity index (χ1v) is 23.7. The van der Waals surface area contributed by atoms with Crippen molar-refractivity contribution in [2.24, 2.45) is 35.5 Å². The van der Waals surface area contributed by atoms with Crippen molar-refractivity contribution >= 4 is 35.8 Å². The van der Waals surface area contributed by atoms with Gasteiger partial charge >= 0.3 is 35.8 Å². The zero-order chi connectivity index (χ0) is 44.7. The number of hydrogen-bond acceptors (Lipinski definition) is 14. The zero-order valence-electron chi connectivity index (χ0n) is 37.4. The maximum absolute atomic E-state index is 14.6. The van der Waals surface area contributed by atoms with Gasteiger partial charge in [0.1, 0.15) is 0 Å². The molecule has 4 saturated carbocycles. The molecule has 0 bridgehead atoms. The molecule has 10 unspecified atom stereocenters. The minimum absolute atomic E-state index is 0.0286. The number of esters is 6. The summed E-state index contributed by atoms with van der Waals surface area (Å²) in [4.78, 5) is 79.4. The fourth-order valence-corrected chi connectivity index (χ4v) is 10.2. The molecular formula is C48H74O14. The van der Waals surface area contributed by atoms with Crippen LogP contribution in [0.4, 0.5) is 0 Å². The van der Waals surface area contributed by atoms with Crippen molar-refractivity contribution < 1.29 is 66.7 Å². The van der Waals surface area contributed by atoms with Gasteiger partial charge in [0.2, 0.25) is 12.2 Å². The average Bonchev–Trinajstić information content (AvgIpc) is 3.28. The Labute approximate surface area is 368 Å². The predicted molar refractivity (Wildman–Crippen MR) is 228 cm³/mol. The van der Waals surface area contributed by atoms with Gasteiger partial charge in [-0.15, -0.1) is 0 Å². The van der Waals surface area contributed by atoms with E-state index in [2.05, 4.69) is 13.2 Å². The van der Waals surface area contributed by atoms with E-state index in [1.165, 1.54) is 0 Å². The molecule has 10 atom stereocenters. The van der Waals surface area contributed by atoms with Crippen LogP contribution >= 0.6 is 0 Å². The van der Waals surface area contributed by atoms with Gasteiger partial charge in [0.25, 0.3) is 0 Å². The summed E-state index contributed by atoms with van der Waals surface area (Å²) in [6.07, 6.45) is 14.7. The summed E-state index contributed by atoms with van der Waals surface area (Å²) < 4.78 is 45.9. The predicted octanol–water partition coefficient (Wildman–Crippen LogP) is 7.72. The maximum atomic E-state index is 14.6. The van der Waals surface area contributed by atoms with E-state index in [9.17, 15) is 28.8 Å². The van der Waals surface area contributed by atoms with E-state index in [1.807, 2.05) is 0 Å². The summed E-state index contributed by atoms with van der Waals surface area (Å²) in [6.45, 7) is 11.4. The second kappa shape index (κ2) is 28.1. The highest BCUT2D eigenvalue weighted by Gasteiger charge is 2.52. The van der Waals surface area contributed by atoms with Crippen LogP contribution < -0.4 is 0 Å². The Balaban J connectivity index is 1.48. The molecule has 14 heteroatoms. The molecule has 4 aliphatic carbocycles. The van der Waals surface area contributed by atoms with E-state index in [-0.39, 0.29) is 25.0 Å². The highest BCUT2D eigenvalue weighted by Crippen LogP contribution is 2.47. The number of fused-ring (bicyclic) bond motifs is 2. The van der Waals surface area contributed by atoms with Gasteiger partial charge in [-0.25, -0.2) is 19.2 Å². The monoisotopic (exact) mass is 875 g/mol. The normalized spacial score (nSPS) is 26.5. The van der Waals surface area contributed by atoms with Gasteiger partial charge in [0.15, 0.2) is 0 Å². The van der Waals surface area contributed by atoms with Crippen LogP contribution in [0, 0.1) is 35.5 Å². The smallest absolute Gasteiger partial charge is 0.352 e. The third-order valence-electron chi connectivity index (χ3n) is 13.2. The molecule has 0 N–H and O–H groups in total. The van der Waals surface area contributed by atoms with Crippen molar-refractivity contribution in [3.8, 4) is 0 Å². The first-order chi connectivity index (χ1) is 30.1. The van der Waals surface area contributed by atoms with Gasteiger partial charge in [0, 0.05) is 25.4 Å². The lowest BCUT2D eigenvalue weighted by molar-refractivity contribution is -0.202. The number of unbranched alkanes of at least 4 members (excludes halogenated alkanes) is 6. The van der Waals surface area contributed by atoms with Gasteiger partial charge in [0.05, 0.1) is 50.5 Å². The second-order valence-electron chi connectivity index (χ2n) is 17.2.